The molecule has 1 aromatic carbocycles. The van der Waals surface area contributed by atoms with Gasteiger partial charge in [-0.25, -0.2) is 4.39 Å². The first-order valence-electron chi connectivity index (χ1n) is 13.3. The maximum atomic E-state index is 14.5. The Labute approximate surface area is 218 Å². The van der Waals surface area contributed by atoms with Crippen LogP contribution in [0.3, 0.4) is 0 Å². The molecule has 198 valence electrons. The van der Waals surface area contributed by atoms with Crippen LogP contribution in [0.15, 0.2) is 24.8 Å². The Bertz CT molecular complexity index is 1180. The summed E-state index contributed by atoms with van der Waals surface area (Å²) < 4.78 is 20.7. The van der Waals surface area contributed by atoms with Crippen molar-refractivity contribution in [3.8, 4) is 6.01 Å². The minimum absolute atomic E-state index is 0.0365. The van der Waals surface area contributed by atoms with Gasteiger partial charge in [0.15, 0.2) is 0 Å². The molecule has 1 atom stereocenters. The monoisotopic (exact) mass is 508 g/mol. The number of hydrogen-bond donors (Lipinski definition) is 0. The second-order valence-electron chi connectivity index (χ2n) is 10.4. The third kappa shape index (κ3) is 5.14. The predicted octanol–water partition coefficient (Wildman–Crippen LogP) is 3.10. The molecule has 0 aliphatic carbocycles. The van der Waals surface area contributed by atoms with E-state index in [-0.39, 0.29) is 11.7 Å². The quantitative estimate of drug-likeness (QED) is 0.556. The molecule has 0 radical (unpaired) electrons. The summed E-state index contributed by atoms with van der Waals surface area (Å²) >= 11 is 0. The lowest BCUT2D eigenvalue weighted by Gasteiger charge is -2.38. The number of benzene rings is 1. The Morgan fingerprint density at radius 1 is 1.14 bits per heavy atom. The van der Waals surface area contributed by atoms with Crippen LogP contribution >= 0.6 is 0 Å². The molecule has 3 aliphatic rings. The fourth-order valence-corrected chi connectivity index (χ4v) is 5.83. The van der Waals surface area contributed by atoms with Gasteiger partial charge in [0, 0.05) is 55.6 Å². The molecule has 2 fully saturated rings. The van der Waals surface area contributed by atoms with E-state index in [2.05, 4.69) is 28.3 Å². The fraction of sp³-hybridized carbons (Fsp3) is 0.536. The van der Waals surface area contributed by atoms with Crippen molar-refractivity contribution in [1.29, 1.82) is 0 Å². The highest BCUT2D eigenvalue weighted by molar-refractivity contribution is 5.87. The van der Waals surface area contributed by atoms with Gasteiger partial charge < -0.3 is 24.3 Å². The number of likely N-dealkylation sites (tertiary alicyclic amines) is 1. The van der Waals surface area contributed by atoms with Gasteiger partial charge >= 0.3 is 6.01 Å². The van der Waals surface area contributed by atoms with Crippen LogP contribution in [-0.4, -0.2) is 84.6 Å². The summed E-state index contributed by atoms with van der Waals surface area (Å²) in [5.74, 6) is 0.676. The lowest BCUT2D eigenvalue weighted by Crippen LogP contribution is -2.49. The maximum Gasteiger partial charge on any atom is 0.318 e. The number of nitrogens with zero attached hydrogens (tertiary/aromatic N) is 6. The number of ether oxygens (including phenoxy) is 1. The van der Waals surface area contributed by atoms with Crippen LogP contribution in [0.25, 0.3) is 0 Å². The summed E-state index contributed by atoms with van der Waals surface area (Å²) in [4.78, 5) is 30.5. The molecular weight excluding hydrogens is 471 g/mol. The van der Waals surface area contributed by atoms with Gasteiger partial charge in [-0.15, -0.1) is 0 Å². The number of aromatic nitrogens is 2. The van der Waals surface area contributed by atoms with Crippen molar-refractivity contribution < 1.29 is 13.9 Å². The normalized spacial score (nSPS) is 20.2. The number of halogens is 1. The summed E-state index contributed by atoms with van der Waals surface area (Å²) in [6.07, 6.45) is 4.42. The number of carbonyl (C=O) groups excluding carboxylic acids is 1. The van der Waals surface area contributed by atoms with Crippen molar-refractivity contribution in [2.45, 2.75) is 45.7 Å². The molecule has 0 spiro atoms. The van der Waals surface area contributed by atoms with E-state index in [1.54, 1.807) is 0 Å². The van der Waals surface area contributed by atoms with Crippen LogP contribution in [0.5, 0.6) is 6.01 Å². The zero-order valence-electron chi connectivity index (χ0n) is 22.2. The minimum atomic E-state index is -0.188. The van der Waals surface area contributed by atoms with Crippen LogP contribution in [-0.2, 0) is 17.8 Å². The summed E-state index contributed by atoms with van der Waals surface area (Å²) in [5.41, 5.74) is 4.72. The topological polar surface area (TPSA) is 65.0 Å². The highest BCUT2D eigenvalue weighted by atomic mass is 19.1. The Morgan fingerprint density at radius 2 is 1.92 bits per heavy atom. The zero-order chi connectivity index (χ0) is 26.1. The summed E-state index contributed by atoms with van der Waals surface area (Å²) in [6.45, 7) is 13.1. The van der Waals surface area contributed by atoms with Crippen molar-refractivity contribution >= 4 is 17.4 Å². The molecule has 4 heterocycles. The molecule has 37 heavy (non-hydrogen) atoms. The van der Waals surface area contributed by atoms with Crippen LogP contribution in [0.2, 0.25) is 0 Å². The van der Waals surface area contributed by atoms with Crippen molar-refractivity contribution in [1.82, 2.24) is 19.8 Å². The molecule has 2 aromatic rings. The molecule has 0 N–H and O–H groups in total. The average Bonchev–Trinajstić information content (AvgIpc) is 3.33. The van der Waals surface area contributed by atoms with E-state index >= 15 is 0 Å². The summed E-state index contributed by atoms with van der Waals surface area (Å²) in [7, 11) is 2.13. The summed E-state index contributed by atoms with van der Waals surface area (Å²) in [5, 5.41) is 0. The molecule has 1 aromatic heterocycles. The lowest BCUT2D eigenvalue weighted by atomic mass is 10.0. The average molecular weight is 509 g/mol. The molecule has 0 saturated carbocycles. The molecule has 9 heteroatoms. The first kappa shape index (κ1) is 25.4. The molecule has 2 saturated heterocycles. The first-order chi connectivity index (χ1) is 17.9. The fourth-order valence-electron chi connectivity index (χ4n) is 5.83. The van der Waals surface area contributed by atoms with Gasteiger partial charge in [-0.1, -0.05) is 12.6 Å². The molecule has 8 nitrogen and oxygen atoms in total. The zero-order valence-corrected chi connectivity index (χ0v) is 22.2. The van der Waals surface area contributed by atoms with Crippen LogP contribution in [0.1, 0.15) is 35.2 Å². The predicted molar refractivity (Wildman–Crippen MR) is 143 cm³/mol. The lowest BCUT2D eigenvalue weighted by molar-refractivity contribution is -0.126. The largest absolute Gasteiger partial charge is 0.462 e. The standard InChI is InChI=1S/C28H37FN6O2/c1-5-25(36)33-13-15-34(16-14-33)27-22-10-12-35(26-19(2)8-9-23(29)20(26)3)17-24(22)30-28(31-27)37-18-21-7-6-11-32(21)4/h5,8-9,21H,1,6-7,10-18H2,2-4H3. The number of fused-ring (bicyclic) bond motifs is 1. The first-order valence-corrected chi connectivity index (χ1v) is 13.3. The number of aryl methyl sites for hydroxylation is 1. The maximum absolute atomic E-state index is 14.5. The van der Waals surface area contributed by atoms with Gasteiger partial charge in [0.25, 0.3) is 0 Å². The van der Waals surface area contributed by atoms with Crippen LogP contribution < -0.4 is 14.5 Å². The van der Waals surface area contributed by atoms with Crippen LogP contribution in [0, 0.1) is 19.7 Å². The SMILES string of the molecule is C=CC(=O)N1CCN(c2nc(OCC3CCCN3C)nc3c2CCN(c2c(C)ccc(F)c2C)C3)CC1. The summed E-state index contributed by atoms with van der Waals surface area (Å²) in [6, 6.07) is 4.14. The third-order valence-electron chi connectivity index (χ3n) is 8.05. The molecule has 0 bridgehead atoms. The number of amides is 1. The van der Waals surface area contributed by atoms with Gasteiger partial charge in [-0.05, 0) is 64.4 Å². The molecule has 5 rings (SSSR count). The van der Waals surface area contributed by atoms with E-state index in [1.807, 2.05) is 24.8 Å². The van der Waals surface area contributed by atoms with Crippen molar-refractivity contribution in [2.24, 2.45) is 0 Å². The van der Waals surface area contributed by atoms with Crippen molar-refractivity contribution in [3.63, 3.8) is 0 Å². The molecular formula is C28H37FN6O2. The van der Waals surface area contributed by atoms with Crippen molar-refractivity contribution in [3.05, 3.63) is 53.0 Å². The smallest absolute Gasteiger partial charge is 0.318 e. The van der Waals surface area contributed by atoms with E-state index in [4.69, 9.17) is 14.7 Å². The molecule has 1 amide bonds. The number of anilines is 2. The van der Waals surface area contributed by atoms with Gasteiger partial charge in [0.05, 0.1) is 12.2 Å². The van der Waals surface area contributed by atoms with Gasteiger partial charge in [0.1, 0.15) is 18.2 Å². The molecule has 1 unspecified atom stereocenters. The van der Waals surface area contributed by atoms with E-state index in [9.17, 15) is 9.18 Å². The van der Waals surface area contributed by atoms with Gasteiger partial charge in [-0.3, -0.25) is 4.79 Å². The minimum Gasteiger partial charge on any atom is -0.462 e. The number of rotatable bonds is 6. The Balaban J connectivity index is 1.44. The van der Waals surface area contributed by atoms with E-state index in [0.717, 1.165) is 54.3 Å². The molecule has 3 aliphatic heterocycles. The second-order valence-corrected chi connectivity index (χ2v) is 10.4. The second kappa shape index (κ2) is 10.7. The number of carbonyl (C=O) groups is 1. The van der Waals surface area contributed by atoms with E-state index in [1.165, 1.54) is 18.6 Å². The Hall–Kier alpha value is -3.20. The Kier molecular flexibility index (Phi) is 7.33. The van der Waals surface area contributed by atoms with E-state index < -0.39 is 0 Å². The Morgan fingerprint density at radius 3 is 2.62 bits per heavy atom. The van der Waals surface area contributed by atoms with Crippen LogP contribution in [0.4, 0.5) is 15.9 Å². The van der Waals surface area contributed by atoms with Gasteiger partial charge in [0.2, 0.25) is 5.91 Å². The van der Waals surface area contributed by atoms with E-state index in [0.29, 0.717) is 56.9 Å². The third-order valence-corrected chi connectivity index (χ3v) is 8.05. The van der Waals surface area contributed by atoms with Gasteiger partial charge in [-0.2, -0.15) is 9.97 Å². The highest BCUT2D eigenvalue weighted by Gasteiger charge is 2.30. The van der Waals surface area contributed by atoms with Crippen molar-refractivity contribution in [2.75, 3.05) is 62.7 Å². The highest BCUT2D eigenvalue weighted by Crippen LogP contribution is 2.34. The number of likely N-dealkylation sites (N-methyl/N-ethyl adjacent to an activating group) is 1. The number of piperazine rings is 1. The number of hydrogen-bond acceptors (Lipinski definition) is 7.